The van der Waals surface area contributed by atoms with Crippen molar-refractivity contribution in [3.05, 3.63) is 34.3 Å². The predicted molar refractivity (Wildman–Crippen MR) is 61.3 cm³/mol. The third kappa shape index (κ3) is 3.09. The molecule has 0 fully saturated rings. The van der Waals surface area contributed by atoms with E-state index in [1.165, 1.54) is 0 Å². The largest absolute Gasteiger partial charge is 0.388 e. The van der Waals surface area contributed by atoms with E-state index in [1.807, 2.05) is 25.3 Å². The van der Waals surface area contributed by atoms with Crippen LogP contribution in [0.5, 0.6) is 0 Å². The summed E-state index contributed by atoms with van der Waals surface area (Å²) in [5.41, 5.74) is 1.85. The molecule has 0 aliphatic rings. The van der Waals surface area contributed by atoms with Crippen LogP contribution in [-0.2, 0) is 0 Å². The first kappa shape index (κ1) is 11.1. The molecule has 0 saturated heterocycles. The van der Waals surface area contributed by atoms with E-state index >= 15 is 0 Å². The van der Waals surface area contributed by atoms with Gasteiger partial charge in [-0.05, 0) is 31.9 Å². The number of aliphatic hydroxyl groups excluding tert-OH is 1. The van der Waals surface area contributed by atoms with Crippen LogP contribution in [0, 0.1) is 6.92 Å². The SMILES string of the molecule is C=CC[C@@H](O)/C(C)=C/c1csc(C)n1. The molecule has 1 rings (SSSR count). The summed E-state index contributed by atoms with van der Waals surface area (Å²) in [6.45, 7) is 7.47. The Hall–Kier alpha value is -0.930. The summed E-state index contributed by atoms with van der Waals surface area (Å²) in [6.07, 6.45) is 3.78. The molecule has 3 heteroatoms. The molecule has 1 aromatic rings. The summed E-state index contributed by atoms with van der Waals surface area (Å²) in [4.78, 5) is 4.30. The van der Waals surface area contributed by atoms with Crippen molar-refractivity contribution < 1.29 is 5.11 Å². The minimum absolute atomic E-state index is 0.436. The van der Waals surface area contributed by atoms with Crippen molar-refractivity contribution in [2.45, 2.75) is 26.4 Å². The first-order chi connectivity index (χ1) is 6.63. The average molecular weight is 209 g/mol. The highest BCUT2D eigenvalue weighted by Gasteiger charge is 2.04. The fourth-order valence-corrected chi connectivity index (χ4v) is 1.69. The zero-order chi connectivity index (χ0) is 10.6. The second kappa shape index (κ2) is 5.08. The van der Waals surface area contributed by atoms with Gasteiger partial charge in [-0.2, -0.15) is 0 Å². The standard InChI is InChI=1S/C11H15NOS/c1-4-5-11(13)8(2)6-10-7-14-9(3)12-10/h4,6-7,11,13H,1,5H2,2-3H3/b8-6+/t11-/m1/s1. The van der Waals surface area contributed by atoms with Crippen molar-refractivity contribution in [1.29, 1.82) is 0 Å². The van der Waals surface area contributed by atoms with Crippen LogP contribution >= 0.6 is 11.3 Å². The number of aliphatic hydroxyl groups is 1. The molecule has 0 radical (unpaired) electrons. The zero-order valence-electron chi connectivity index (χ0n) is 8.53. The second-order valence-electron chi connectivity index (χ2n) is 3.22. The number of hydrogen-bond donors (Lipinski definition) is 1. The minimum Gasteiger partial charge on any atom is -0.388 e. The molecule has 1 N–H and O–H groups in total. The average Bonchev–Trinajstić information content (AvgIpc) is 2.51. The maximum Gasteiger partial charge on any atom is 0.0901 e. The number of thiazole rings is 1. The summed E-state index contributed by atoms with van der Waals surface area (Å²) in [6, 6.07) is 0. The van der Waals surface area contributed by atoms with Crippen LogP contribution in [0.15, 0.2) is 23.6 Å². The minimum atomic E-state index is -0.436. The molecule has 0 unspecified atom stereocenters. The molecule has 1 aromatic heterocycles. The van der Waals surface area contributed by atoms with Gasteiger partial charge in [0.1, 0.15) is 0 Å². The van der Waals surface area contributed by atoms with Crippen molar-refractivity contribution in [2.24, 2.45) is 0 Å². The van der Waals surface area contributed by atoms with Gasteiger partial charge >= 0.3 is 0 Å². The van der Waals surface area contributed by atoms with Gasteiger partial charge in [-0.3, -0.25) is 0 Å². The summed E-state index contributed by atoms with van der Waals surface area (Å²) >= 11 is 1.61. The predicted octanol–water partition coefficient (Wildman–Crippen LogP) is 2.79. The lowest BCUT2D eigenvalue weighted by Gasteiger charge is -2.07. The monoisotopic (exact) mass is 209 g/mol. The fourth-order valence-electron chi connectivity index (χ4n) is 1.12. The van der Waals surface area contributed by atoms with Crippen molar-refractivity contribution in [1.82, 2.24) is 4.98 Å². The molecule has 0 aromatic carbocycles. The highest BCUT2D eigenvalue weighted by molar-refractivity contribution is 7.09. The molecule has 0 aliphatic carbocycles. The molecule has 0 saturated carbocycles. The Morgan fingerprint density at radius 3 is 3.00 bits per heavy atom. The molecule has 0 amide bonds. The van der Waals surface area contributed by atoms with E-state index in [1.54, 1.807) is 17.4 Å². The quantitative estimate of drug-likeness (QED) is 0.773. The number of aromatic nitrogens is 1. The topological polar surface area (TPSA) is 33.1 Å². The molecule has 76 valence electrons. The van der Waals surface area contributed by atoms with Gasteiger partial charge in [-0.1, -0.05) is 6.08 Å². The van der Waals surface area contributed by atoms with Gasteiger partial charge in [0.25, 0.3) is 0 Å². The summed E-state index contributed by atoms with van der Waals surface area (Å²) in [7, 11) is 0. The highest BCUT2D eigenvalue weighted by Crippen LogP contribution is 2.14. The Morgan fingerprint density at radius 2 is 2.50 bits per heavy atom. The maximum absolute atomic E-state index is 9.62. The van der Waals surface area contributed by atoms with Crippen molar-refractivity contribution >= 4 is 17.4 Å². The summed E-state index contributed by atoms with van der Waals surface area (Å²) in [5.74, 6) is 0. The summed E-state index contributed by atoms with van der Waals surface area (Å²) in [5, 5.41) is 12.7. The third-order valence-electron chi connectivity index (χ3n) is 1.93. The Labute approximate surface area is 88.6 Å². The van der Waals surface area contributed by atoms with Gasteiger partial charge in [-0.15, -0.1) is 17.9 Å². The van der Waals surface area contributed by atoms with Crippen LogP contribution in [0.4, 0.5) is 0 Å². The zero-order valence-corrected chi connectivity index (χ0v) is 9.34. The molecule has 1 atom stereocenters. The van der Waals surface area contributed by atoms with Crippen LogP contribution in [0.1, 0.15) is 24.0 Å². The molecule has 2 nitrogen and oxygen atoms in total. The van der Waals surface area contributed by atoms with Crippen molar-refractivity contribution in [3.8, 4) is 0 Å². The van der Waals surface area contributed by atoms with Crippen molar-refractivity contribution in [2.75, 3.05) is 0 Å². The van der Waals surface area contributed by atoms with E-state index < -0.39 is 6.10 Å². The Kier molecular flexibility index (Phi) is 4.04. The van der Waals surface area contributed by atoms with Gasteiger partial charge in [0.05, 0.1) is 16.8 Å². The lowest BCUT2D eigenvalue weighted by atomic mass is 10.1. The van der Waals surface area contributed by atoms with Crippen LogP contribution in [0.3, 0.4) is 0 Å². The molecular weight excluding hydrogens is 194 g/mol. The summed E-state index contributed by atoms with van der Waals surface area (Å²) < 4.78 is 0. The van der Waals surface area contributed by atoms with Gasteiger partial charge in [0.2, 0.25) is 0 Å². The Morgan fingerprint density at radius 1 is 1.79 bits per heavy atom. The molecule has 0 bridgehead atoms. The number of aryl methyl sites for hydroxylation is 1. The van der Waals surface area contributed by atoms with Crippen LogP contribution in [0.25, 0.3) is 6.08 Å². The number of hydrogen-bond acceptors (Lipinski definition) is 3. The van der Waals surface area contributed by atoms with E-state index in [9.17, 15) is 5.11 Å². The number of nitrogens with zero attached hydrogens (tertiary/aromatic N) is 1. The van der Waals surface area contributed by atoms with Gasteiger partial charge < -0.3 is 5.11 Å². The van der Waals surface area contributed by atoms with Gasteiger partial charge in [0, 0.05) is 5.38 Å². The molecule has 0 aliphatic heterocycles. The van der Waals surface area contributed by atoms with Crippen LogP contribution in [0.2, 0.25) is 0 Å². The first-order valence-electron chi connectivity index (χ1n) is 4.52. The van der Waals surface area contributed by atoms with E-state index in [0.29, 0.717) is 6.42 Å². The van der Waals surface area contributed by atoms with E-state index in [0.717, 1.165) is 16.3 Å². The Bertz CT molecular complexity index is 341. The molecular formula is C11H15NOS. The number of rotatable bonds is 4. The maximum atomic E-state index is 9.62. The van der Waals surface area contributed by atoms with Gasteiger partial charge in [0.15, 0.2) is 0 Å². The van der Waals surface area contributed by atoms with Crippen LogP contribution < -0.4 is 0 Å². The van der Waals surface area contributed by atoms with E-state index in [2.05, 4.69) is 11.6 Å². The van der Waals surface area contributed by atoms with E-state index in [4.69, 9.17) is 0 Å². The molecule has 0 spiro atoms. The normalized spacial score (nSPS) is 14.1. The Balaban J connectivity index is 2.72. The fraction of sp³-hybridized carbons (Fsp3) is 0.364. The lowest BCUT2D eigenvalue weighted by molar-refractivity contribution is 0.215. The molecule has 1 heterocycles. The van der Waals surface area contributed by atoms with E-state index in [-0.39, 0.29) is 0 Å². The highest BCUT2D eigenvalue weighted by atomic mass is 32.1. The van der Waals surface area contributed by atoms with Gasteiger partial charge in [-0.25, -0.2) is 4.98 Å². The van der Waals surface area contributed by atoms with Crippen molar-refractivity contribution in [3.63, 3.8) is 0 Å². The molecule has 14 heavy (non-hydrogen) atoms. The first-order valence-corrected chi connectivity index (χ1v) is 5.40. The smallest absolute Gasteiger partial charge is 0.0901 e. The third-order valence-corrected chi connectivity index (χ3v) is 2.72. The second-order valence-corrected chi connectivity index (χ2v) is 4.28. The van der Waals surface area contributed by atoms with Crippen LogP contribution in [-0.4, -0.2) is 16.2 Å². The lowest BCUT2D eigenvalue weighted by Crippen LogP contribution is -2.05.